The van der Waals surface area contributed by atoms with Crippen LogP contribution in [0.1, 0.15) is 25.0 Å². The number of morpholine rings is 1. The number of ether oxygens (including phenoxy) is 1. The normalized spacial score (nSPS) is 20.5. The Hall–Kier alpha value is -0.610. The average Bonchev–Trinajstić information content (AvgIpc) is 2.48. The fourth-order valence-corrected chi connectivity index (χ4v) is 2.64. The Morgan fingerprint density at radius 2 is 2.00 bits per heavy atom. The predicted octanol–water partition coefficient (Wildman–Crippen LogP) is 2.62. The molecule has 1 atom stereocenters. The summed E-state index contributed by atoms with van der Waals surface area (Å²) in [5.41, 5.74) is 2.45. The molecule has 1 aromatic rings. The van der Waals surface area contributed by atoms with Crippen LogP contribution in [0.25, 0.3) is 0 Å². The summed E-state index contributed by atoms with van der Waals surface area (Å²) in [6.45, 7) is 9.19. The molecule has 1 heterocycles. The zero-order chi connectivity index (χ0) is 14.4. The molecule has 0 radical (unpaired) electrons. The minimum atomic E-state index is 0.299. The van der Waals surface area contributed by atoms with E-state index >= 15 is 0 Å². The fourth-order valence-electron chi connectivity index (χ4n) is 2.46. The van der Waals surface area contributed by atoms with Gasteiger partial charge in [-0.3, -0.25) is 4.90 Å². The largest absolute Gasteiger partial charge is 0.374 e. The van der Waals surface area contributed by atoms with E-state index in [0.717, 1.165) is 32.8 Å². The number of nitrogens with zero attached hydrogens (tertiary/aromatic N) is 1. The van der Waals surface area contributed by atoms with E-state index < -0.39 is 0 Å². The van der Waals surface area contributed by atoms with Crippen molar-refractivity contribution in [2.45, 2.75) is 38.4 Å². The lowest BCUT2D eigenvalue weighted by atomic mass is 10.1. The molecule has 4 heteroatoms. The third kappa shape index (κ3) is 4.74. The topological polar surface area (TPSA) is 24.5 Å². The lowest BCUT2D eigenvalue weighted by Gasteiger charge is -2.35. The fraction of sp³-hybridized carbons (Fsp3) is 0.625. The van der Waals surface area contributed by atoms with E-state index in [4.69, 9.17) is 16.3 Å². The van der Waals surface area contributed by atoms with Crippen LogP contribution in [0.5, 0.6) is 0 Å². The van der Waals surface area contributed by atoms with Gasteiger partial charge in [-0.2, -0.15) is 0 Å². The summed E-state index contributed by atoms with van der Waals surface area (Å²) >= 11 is 5.79. The summed E-state index contributed by atoms with van der Waals surface area (Å²) in [4.78, 5) is 2.48. The standard InChI is InChI=1S/C16H25ClN2O/c1-13(2)19-7-8-20-16(12-19)11-18-10-15-5-3-14(9-17)4-6-15/h3-6,13,16,18H,7-12H2,1-2H3. The van der Waals surface area contributed by atoms with Crippen LogP contribution < -0.4 is 5.32 Å². The molecule has 20 heavy (non-hydrogen) atoms. The highest BCUT2D eigenvalue weighted by Gasteiger charge is 2.21. The average molecular weight is 297 g/mol. The lowest BCUT2D eigenvalue weighted by molar-refractivity contribution is -0.0372. The Morgan fingerprint density at radius 3 is 2.65 bits per heavy atom. The molecule has 0 bridgehead atoms. The lowest BCUT2D eigenvalue weighted by Crippen LogP contribution is -2.48. The van der Waals surface area contributed by atoms with Crippen LogP contribution in [0.2, 0.25) is 0 Å². The van der Waals surface area contributed by atoms with E-state index in [-0.39, 0.29) is 0 Å². The summed E-state index contributed by atoms with van der Waals surface area (Å²) in [5.74, 6) is 0.578. The minimum Gasteiger partial charge on any atom is -0.374 e. The van der Waals surface area contributed by atoms with Crippen LogP contribution in [0.3, 0.4) is 0 Å². The van der Waals surface area contributed by atoms with Gasteiger partial charge >= 0.3 is 0 Å². The molecular formula is C16H25ClN2O. The molecule has 3 nitrogen and oxygen atoms in total. The summed E-state index contributed by atoms with van der Waals surface area (Å²) in [7, 11) is 0. The first-order valence-electron chi connectivity index (χ1n) is 7.39. The number of nitrogens with one attached hydrogen (secondary N) is 1. The number of halogens is 1. The summed E-state index contributed by atoms with van der Waals surface area (Å²) < 4.78 is 5.81. The molecular weight excluding hydrogens is 272 g/mol. The van der Waals surface area contributed by atoms with Crippen molar-refractivity contribution in [3.8, 4) is 0 Å². The zero-order valence-corrected chi connectivity index (χ0v) is 13.2. The highest BCUT2D eigenvalue weighted by atomic mass is 35.5. The Kier molecular flexibility index (Phi) is 6.30. The van der Waals surface area contributed by atoms with Gasteiger partial charge < -0.3 is 10.1 Å². The van der Waals surface area contributed by atoms with Crippen LogP contribution in [-0.4, -0.2) is 43.3 Å². The summed E-state index contributed by atoms with van der Waals surface area (Å²) in [5, 5.41) is 3.48. The number of rotatable bonds is 6. The van der Waals surface area contributed by atoms with E-state index in [2.05, 4.69) is 48.3 Å². The maximum absolute atomic E-state index is 5.81. The molecule has 2 rings (SSSR count). The van der Waals surface area contributed by atoms with E-state index in [9.17, 15) is 0 Å². The van der Waals surface area contributed by atoms with Gasteiger partial charge in [0.1, 0.15) is 0 Å². The van der Waals surface area contributed by atoms with Gasteiger partial charge in [-0.15, -0.1) is 11.6 Å². The molecule has 1 fully saturated rings. The molecule has 112 valence electrons. The Bertz CT molecular complexity index is 394. The Labute approximate surface area is 127 Å². The number of alkyl halides is 1. The third-order valence-corrected chi connectivity index (χ3v) is 4.09. The Balaban J connectivity index is 1.72. The van der Waals surface area contributed by atoms with Crippen LogP contribution in [0.4, 0.5) is 0 Å². The van der Waals surface area contributed by atoms with Crippen LogP contribution in [0.15, 0.2) is 24.3 Å². The van der Waals surface area contributed by atoms with Crippen molar-refractivity contribution in [3.63, 3.8) is 0 Å². The molecule has 0 aliphatic carbocycles. The van der Waals surface area contributed by atoms with Gasteiger partial charge in [0.25, 0.3) is 0 Å². The molecule has 0 spiro atoms. The van der Waals surface area contributed by atoms with Gasteiger partial charge in [0, 0.05) is 38.1 Å². The Morgan fingerprint density at radius 1 is 1.30 bits per heavy atom. The van der Waals surface area contributed by atoms with Crippen LogP contribution in [0, 0.1) is 0 Å². The quantitative estimate of drug-likeness (QED) is 0.817. The first-order valence-corrected chi connectivity index (χ1v) is 7.92. The van der Waals surface area contributed by atoms with Crippen LogP contribution >= 0.6 is 11.6 Å². The monoisotopic (exact) mass is 296 g/mol. The number of benzene rings is 1. The molecule has 0 saturated carbocycles. The van der Waals surface area contributed by atoms with Gasteiger partial charge in [0.05, 0.1) is 12.7 Å². The third-order valence-electron chi connectivity index (χ3n) is 3.78. The van der Waals surface area contributed by atoms with Crippen molar-refractivity contribution in [2.75, 3.05) is 26.2 Å². The van der Waals surface area contributed by atoms with Gasteiger partial charge in [0.15, 0.2) is 0 Å². The zero-order valence-electron chi connectivity index (χ0n) is 12.4. The van der Waals surface area contributed by atoms with Gasteiger partial charge in [0.2, 0.25) is 0 Å². The van der Waals surface area contributed by atoms with Crippen molar-refractivity contribution in [1.82, 2.24) is 10.2 Å². The van der Waals surface area contributed by atoms with Crippen molar-refractivity contribution < 1.29 is 4.74 Å². The highest BCUT2D eigenvalue weighted by Crippen LogP contribution is 2.09. The molecule has 1 aliphatic rings. The second-order valence-electron chi connectivity index (χ2n) is 5.66. The highest BCUT2D eigenvalue weighted by molar-refractivity contribution is 6.17. The van der Waals surface area contributed by atoms with E-state index in [1.165, 1.54) is 11.1 Å². The first-order chi connectivity index (χ1) is 9.69. The van der Waals surface area contributed by atoms with Gasteiger partial charge in [-0.25, -0.2) is 0 Å². The van der Waals surface area contributed by atoms with Gasteiger partial charge in [-0.1, -0.05) is 24.3 Å². The maximum atomic E-state index is 5.81. The SMILES string of the molecule is CC(C)N1CCOC(CNCc2ccc(CCl)cc2)C1. The van der Waals surface area contributed by atoms with Crippen molar-refractivity contribution >= 4 is 11.6 Å². The molecule has 0 amide bonds. The van der Waals surface area contributed by atoms with Gasteiger partial charge in [-0.05, 0) is 25.0 Å². The molecule has 1 N–H and O–H groups in total. The predicted molar refractivity (Wildman–Crippen MR) is 84.2 cm³/mol. The summed E-state index contributed by atoms with van der Waals surface area (Å²) in [6.07, 6.45) is 0.299. The molecule has 0 aromatic heterocycles. The molecule has 1 saturated heterocycles. The van der Waals surface area contributed by atoms with E-state index in [1.54, 1.807) is 0 Å². The molecule has 1 unspecified atom stereocenters. The van der Waals surface area contributed by atoms with E-state index in [1.807, 2.05) is 0 Å². The molecule has 1 aromatic carbocycles. The maximum Gasteiger partial charge on any atom is 0.0826 e. The second kappa shape index (κ2) is 7.99. The van der Waals surface area contributed by atoms with Crippen molar-refractivity contribution in [2.24, 2.45) is 0 Å². The number of hydrogen-bond acceptors (Lipinski definition) is 3. The van der Waals surface area contributed by atoms with Crippen molar-refractivity contribution in [1.29, 1.82) is 0 Å². The number of hydrogen-bond donors (Lipinski definition) is 1. The second-order valence-corrected chi connectivity index (χ2v) is 5.93. The van der Waals surface area contributed by atoms with E-state index in [0.29, 0.717) is 18.0 Å². The molecule has 1 aliphatic heterocycles. The van der Waals surface area contributed by atoms with Crippen molar-refractivity contribution in [3.05, 3.63) is 35.4 Å². The minimum absolute atomic E-state index is 0.299. The smallest absolute Gasteiger partial charge is 0.0826 e. The summed E-state index contributed by atoms with van der Waals surface area (Å²) in [6, 6.07) is 9.03. The van der Waals surface area contributed by atoms with Crippen LogP contribution in [-0.2, 0) is 17.2 Å². The first kappa shape index (κ1) is 15.8.